The third kappa shape index (κ3) is 4.55. The molecule has 0 aliphatic rings. The molecule has 0 N–H and O–H groups in total. The Kier molecular flexibility index (Phi) is 6.02. The molecule has 0 bridgehead atoms. The monoisotopic (exact) mass is 350 g/mol. The average Bonchev–Trinajstić information content (AvgIpc) is 2.47. The lowest BCUT2D eigenvalue weighted by molar-refractivity contribution is 0.483. The summed E-state index contributed by atoms with van der Waals surface area (Å²) in [5.74, 6) is 0. The molecule has 0 nitrogen and oxygen atoms in total. The van der Waals surface area contributed by atoms with E-state index < -0.39 is 0 Å². The molecule has 0 amide bonds. The maximum absolute atomic E-state index is 6.19. The molecule has 2 aromatic rings. The van der Waals surface area contributed by atoms with Crippen LogP contribution in [0.2, 0.25) is 10.0 Å². The molecule has 0 unspecified atom stereocenters. The fourth-order valence-electron chi connectivity index (χ4n) is 2.14. The number of halogens is 2. The van der Waals surface area contributed by atoms with E-state index in [2.05, 4.69) is 50.4 Å². The van der Waals surface area contributed by atoms with E-state index in [0.717, 1.165) is 12.0 Å². The van der Waals surface area contributed by atoms with Crippen molar-refractivity contribution in [1.29, 1.82) is 0 Å². The maximum Gasteiger partial charge on any atom is 0.0426 e. The van der Waals surface area contributed by atoms with Gasteiger partial charge < -0.3 is 0 Å². The normalized spacial score (nSPS) is 12.5. The summed E-state index contributed by atoms with van der Waals surface area (Å²) in [6, 6.07) is 16.1. The van der Waals surface area contributed by atoms with E-state index in [1.807, 2.05) is 18.2 Å². The Morgan fingerprint density at radius 1 is 1.05 bits per heavy atom. The molecule has 0 spiro atoms. The Bertz CT molecular complexity index is 640. The van der Waals surface area contributed by atoms with E-state index in [1.165, 1.54) is 10.5 Å². The first-order valence-corrected chi connectivity index (χ1v) is 8.95. The molecule has 2 aromatic carbocycles. The van der Waals surface area contributed by atoms with Gasteiger partial charge in [0.1, 0.15) is 0 Å². The minimum Gasteiger partial charge on any atom is -0.0978 e. The predicted molar refractivity (Wildman–Crippen MR) is 101 cm³/mol. The zero-order chi connectivity index (χ0) is 16.2. The molecular weight excluding hydrogens is 331 g/mol. The van der Waals surface area contributed by atoms with Crippen molar-refractivity contribution >= 4 is 40.5 Å². The van der Waals surface area contributed by atoms with E-state index in [-0.39, 0.29) is 5.41 Å². The summed E-state index contributed by atoms with van der Waals surface area (Å²) in [4.78, 5) is 1.22. The van der Waals surface area contributed by atoms with Gasteiger partial charge in [0.2, 0.25) is 0 Å². The number of hydrogen-bond acceptors (Lipinski definition) is 1. The van der Waals surface area contributed by atoms with Crippen LogP contribution < -0.4 is 0 Å². The van der Waals surface area contributed by atoms with Crippen molar-refractivity contribution in [3.63, 3.8) is 0 Å². The molecule has 0 saturated heterocycles. The summed E-state index contributed by atoms with van der Waals surface area (Å²) < 4.78 is 0. The minimum atomic E-state index is 0.0514. The zero-order valence-corrected chi connectivity index (χ0v) is 15.4. The van der Waals surface area contributed by atoms with Crippen LogP contribution in [0, 0.1) is 5.41 Å². The van der Waals surface area contributed by atoms with Gasteiger partial charge in [-0.25, -0.2) is 0 Å². The van der Waals surface area contributed by atoms with Crippen LogP contribution in [-0.2, 0) is 0 Å². The Hall–Kier alpha value is -0.890. The highest BCUT2D eigenvalue weighted by Gasteiger charge is 2.23. The lowest BCUT2D eigenvalue weighted by Gasteiger charge is -2.27. The van der Waals surface area contributed by atoms with E-state index in [0.29, 0.717) is 10.0 Å². The molecular formula is C19H20Cl2S. The molecule has 0 fully saturated rings. The van der Waals surface area contributed by atoms with Gasteiger partial charge in [-0.3, -0.25) is 0 Å². The number of benzene rings is 2. The van der Waals surface area contributed by atoms with Crippen LogP contribution in [0.15, 0.2) is 58.8 Å². The summed E-state index contributed by atoms with van der Waals surface area (Å²) in [5.41, 5.74) is 2.40. The van der Waals surface area contributed by atoms with Crippen LogP contribution in [0.25, 0.3) is 5.57 Å². The zero-order valence-electron chi connectivity index (χ0n) is 13.1. The van der Waals surface area contributed by atoms with Crippen molar-refractivity contribution in [2.75, 3.05) is 0 Å². The van der Waals surface area contributed by atoms with Crippen LogP contribution in [-0.4, -0.2) is 0 Å². The van der Waals surface area contributed by atoms with E-state index in [4.69, 9.17) is 23.2 Å². The van der Waals surface area contributed by atoms with Crippen molar-refractivity contribution in [3.05, 3.63) is 69.5 Å². The average molecular weight is 351 g/mol. The first kappa shape index (κ1) is 17.5. The second kappa shape index (κ2) is 7.59. The first-order valence-electron chi connectivity index (χ1n) is 7.31. The number of allylic oxidation sites excluding steroid dienone is 1. The molecule has 2 rings (SSSR count). The van der Waals surface area contributed by atoms with Gasteiger partial charge >= 0.3 is 0 Å². The molecule has 0 radical (unpaired) electrons. The van der Waals surface area contributed by atoms with Gasteiger partial charge in [-0.1, -0.05) is 73.9 Å². The van der Waals surface area contributed by atoms with Crippen LogP contribution in [0.4, 0.5) is 0 Å². The minimum absolute atomic E-state index is 0.0514. The molecule has 0 aromatic heterocycles. The standard InChI is InChI=1S/C19H20Cl2S/c1-4-19(2,3)18(13-22-17-8-6-5-7-9-17)14-10-15(20)12-16(21)11-14/h5-13H,4H2,1-3H3. The third-order valence-corrected chi connectivity index (χ3v) is 5.18. The van der Waals surface area contributed by atoms with Crippen molar-refractivity contribution in [2.24, 2.45) is 5.41 Å². The number of hydrogen-bond donors (Lipinski definition) is 0. The molecule has 0 aliphatic carbocycles. The van der Waals surface area contributed by atoms with Gasteiger partial charge in [-0.2, -0.15) is 0 Å². The van der Waals surface area contributed by atoms with Crippen molar-refractivity contribution < 1.29 is 0 Å². The number of thioether (sulfide) groups is 1. The topological polar surface area (TPSA) is 0 Å². The van der Waals surface area contributed by atoms with Crippen LogP contribution >= 0.6 is 35.0 Å². The van der Waals surface area contributed by atoms with Crippen LogP contribution in [0.1, 0.15) is 32.8 Å². The fourth-order valence-corrected chi connectivity index (χ4v) is 3.69. The predicted octanol–water partition coefficient (Wildman–Crippen LogP) is 7.56. The van der Waals surface area contributed by atoms with Crippen molar-refractivity contribution in [3.8, 4) is 0 Å². The first-order chi connectivity index (χ1) is 10.4. The fraction of sp³-hybridized carbons (Fsp3) is 0.263. The maximum atomic E-state index is 6.19. The number of rotatable bonds is 5. The van der Waals surface area contributed by atoms with Gasteiger partial charge in [0.15, 0.2) is 0 Å². The quantitative estimate of drug-likeness (QED) is 0.501. The summed E-state index contributed by atoms with van der Waals surface area (Å²) in [5, 5.41) is 3.57. The lowest BCUT2D eigenvalue weighted by Crippen LogP contribution is -2.12. The van der Waals surface area contributed by atoms with Crippen molar-refractivity contribution in [2.45, 2.75) is 32.1 Å². The summed E-state index contributed by atoms with van der Waals surface area (Å²) >= 11 is 14.1. The van der Waals surface area contributed by atoms with E-state index >= 15 is 0 Å². The summed E-state index contributed by atoms with van der Waals surface area (Å²) in [6.45, 7) is 6.70. The molecule has 22 heavy (non-hydrogen) atoms. The Morgan fingerprint density at radius 3 is 2.18 bits per heavy atom. The third-order valence-electron chi connectivity index (χ3n) is 3.84. The Labute approximate surface area is 147 Å². The molecule has 0 saturated carbocycles. The smallest absolute Gasteiger partial charge is 0.0426 e. The highest BCUT2D eigenvalue weighted by Crippen LogP contribution is 2.41. The summed E-state index contributed by atoms with van der Waals surface area (Å²) in [7, 11) is 0. The van der Waals surface area contributed by atoms with Gasteiger partial charge in [0.05, 0.1) is 0 Å². The molecule has 0 heterocycles. The highest BCUT2D eigenvalue weighted by molar-refractivity contribution is 8.02. The molecule has 0 aliphatic heterocycles. The Morgan fingerprint density at radius 2 is 1.64 bits per heavy atom. The molecule has 116 valence electrons. The highest BCUT2D eigenvalue weighted by atomic mass is 35.5. The second-order valence-corrected chi connectivity index (χ2v) is 7.67. The molecule has 0 atom stereocenters. The lowest BCUT2D eigenvalue weighted by atomic mass is 9.79. The Balaban J connectivity index is 2.43. The SMILES string of the molecule is CCC(C)(C)C(=CSc1ccccc1)c1cc(Cl)cc(Cl)c1. The summed E-state index contributed by atoms with van der Waals surface area (Å²) in [6.07, 6.45) is 1.04. The van der Waals surface area contributed by atoms with Crippen LogP contribution in [0.5, 0.6) is 0 Å². The second-order valence-electron chi connectivity index (χ2n) is 5.86. The van der Waals surface area contributed by atoms with Gasteiger partial charge in [-0.05, 0) is 58.7 Å². The molecule has 3 heteroatoms. The van der Waals surface area contributed by atoms with Gasteiger partial charge in [-0.15, -0.1) is 0 Å². The van der Waals surface area contributed by atoms with Crippen molar-refractivity contribution in [1.82, 2.24) is 0 Å². The van der Waals surface area contributed by atoms with Crippen LogP contribution in [0.3, 0.4) is 0 Å². The van der Waals surface area contributed by atoms with Gasteiger partial charge in [0, 0.05) is 14.9 Å². The largest absolute Gasteiger partial charge is 0.0978 e. The van der Waals surface area contributed by atoms with Gasteiger partial charge in [0.25, 0.3) is 0 Å². The van der Waals surface area contributed by atoms with E-state index in [1.54, 1.807) is 17.8 Å². The van der Waals surface area contributed by atoms with E-state index in [9.17, 15) is 0 Å².